The van der Waals surface area contributed by atoms with Crippen LogP contribution < -0.4 is 10.3 Å². The third-order valence-electron chi connectivity index (χ3n) is 3.41. The number of aliphatic hydroxyl groups excluding tert-OH is 1. The molecule has 0 saturated heterocycles. The standard InChI is InChI=1S/C17H15FN2O3/c18-15-7-3-4-8-16(15)23-11-13(21)10-20-17(22)14-6-2-1-5-12(14)9-19-20/h1-9,13,21H,10-11H2. The number of ether oxygens (including phenoxy) is 1. The molecule has 0 aliphatic rings. The van der Waals surface area contributed by atoms with Crippen LogP contribution in [0, 0.1) is 5.82 Å². The molecule has 23 heavy (non-hydrogen) atoms. The first-order valence-corrected chi connectivity index (χ1v) is 7.15. The maximum Gasteiger partial charge on any atom is 0.274 e. The van der Waals surface area contributed by atoms with Crippen LogP contribution in [-0.4, -0.2) is 27.6 Å². The van der Waals surface area contributed by atoms with Gasteiger partial charge in [0.05, 0.1) is 18.1 Å². The van der Waals surface area contributed by atoms with Crippen molar-refractivity contribution in [1.82, 2.24) is 9.78 Å². The maximum absolute atomic E-state index is 13.4. The van der Waals surface area contributed by atoms with E-state index in [0.29, 0.717) is 5.39 Å². The molecule has 6 heteroatoms. The molecule has 0 aliphatic heterocycles. The molecule has 3 aromatic rings. The zero-order valence-corrected chi connectivity index (χ0v) is 12.2. The van der Waals surface area contributed by atoms with E-state index in [1.165, 1.54) is 16.8 Å². The van der Waals surface area contributed by atoms with Crippen LogP contribution in [0.2, 0.25) is 0 Å². The molecule has 0 fully saturated rings. The van der Waals surface area contributed by atoms with Crippen molar-refractivity contribution in [2.24, 2.45) is 0 Å². The number of halogens is 1. The van der Waals surface area contributed by atoms with Crippen molar-refractivity contribution in [3.8, 4) is 5.75 Å². The third-order valence-corrected chi connectivity index (χ3v) is 3.41. The van der Waals surface area contributed by atoms with E-state index in [1.807, 2.05) is 6.07 Å². The quantitative estimate of drug-likeness (QED) is 0.782. The van der Waals surface area contributed by atoms with Crippen LogP contribution in [0.25, 0.3) is 10.8 Å². The second-order valence-corrected chi connectivity index (χ2v) is 5.11. The van der Waals surface area contributed by atoms with Gasteiger partial charge in [-0.15, -0.1) is 0 Å². The summed E-state index contributed by atoms with van der Waals surface area (Å²) >= 11 is 0. The van der Waals surface area contributed by atoms with Gasteiger partial charge in [0, 0.05) is 5.39 Å². The van der Waals surface area contributed by atoms with Gasteiger partial charge in [-0.1, -0.05) is 30.3 Å². The third kappa shape index (κ3) is 3.37. The Kier molecular flexibility index (Phi) is 4.34. The van der Waals surface area contributed by atoms with Crippen molar-refractivity contribution in [2.45, 2.75) is 12.6 Å². The van der Waals surface area contributed by atoms with Crippen LogP contribution in [0.4, 0.5) is 4.39 Å². The highest BCUT2D eigenvalue weighted by Crippen LogP contribution is 2.15. The molecule has 0 radical (unpaired) electrons. The molecule has 0 saturated carbocycles. The number of para-hydroxylation sites is 1. The fraction of sp³-hybridized carbons (Fsp3) is 0.176. The van der Waals surface area contributed by atoms with Gasteiger partial charge in [0.1, 0.15) is 12.7 Å². The Labute approximate surface area is 131 Å². The highest BCUT2D eigenvalue weighted by atomic mass is 19.1. The first-order chi connectivity index (χ1) is 11.1. The highest BCUT2D eigenvalue weighted by Gasteiger charge is 2.11. The largest absolute Gasteiger partial charge is 0.488 e. The number of benzene rings is 2. The van der Waals surface area contributed by atoms with Gasteiger partial charge in [-0.3, -0.25) is 4.79 Å². The van der Waals surface area contributed by atoms with E-state index in [9.17, 15) is 14.3 Å². The van der Waals surface area contributed by atoms with E-state index in [0.717, 1.165) is 5.39 Å². The van der Waals surface area contributed by atoms with Crippen LogP contribution in [0.15, 0.2) is 59.5 Å². The molecule has 1 unspecified atom stereocenters. The number of nitrogens with zero attached hydrogens (tertiary/aromatic N) is 2. The van der Waals surface area contributed by atoms with Gasteiger partial charge in [0.2, 0.25) is 0 Å². The average molecular weight is 314 g/mol. The topological polar surface area (TPSA) is 64.4 Å². The maximum atomic E-state index is 13.4. The molecule has 0 bridgehead atoms. The van der Waals surface area contributed by atoms with Crippen LogP contribution in [0.3, 0.4) is 0 Å². The smallest absolute Gasteiger partial charge is 0.274 e. The minimum absolute atomic E-state index is 0.0296. The molecule has 0 aliphatic carbocycles. The SMILES string of the molecule is O=c1c2ccccc2cnn1CC(O)COc1ccccc1F. The van der Waals surface area contributed by atoms with E-state index in [2.05, 4.69) is 5.10 Å². The van der Waals surface area contributed by atoms with Crippen LogP contribution in [0.1, 0.15) is 0 Å². The van der Waals surface area contributed by atoms with E-state index in [-0.39, 0.29) is 24.5 Å². The second kappa shape index (κ2) is 6.58. The Morgan fingerprint density at radius 1 is 1.17 bits per heavy atom. The van der Waals surface area contributed by atoms with Crippen molar-refractivity contribution in [2.75, 3.05) is 6.61 Å². The second-order valence-electron chi connectivity index (χ2n) is 5.11. The van der Waals surface area contributed by atoms with Crippen molar-refractivity contribution < 1.29 is 14.2 Å². The first kappa shape index (κ1) is 15.2. The summed E-state index contributed by atoms with van der Waals surface area (Å²) in [5, 5.41) is 15.3. The van der Waals surface area contributed by atoms with Crippen LogP contribution >= 0.6 is 0 Å². The molecular weight excluding hydrogens is 299 g/mol. The van der Waals surface area contributed by atoms with Crippen LogP contribution in [0.5, 0.6) is 5.75 Å². The number of aliphatic hydroxyl groups is 1. The van der Waals surface area contributed by atoms with Crippen molar-refractivity contribution >= 4 is 10.8 Å². The molecule has 1 aromatic heterocycles. The molecule has 118 valence electrons. The summed E-state index contributed by atoms with van der Waals surface area (Å²) < 4.78 is 19.8. The fourth-order valence-corrected chi connectivity index (χ4v) is 2.26. The molecular formula is C17H15FN2O3. The number of hydrogen-bond acceptors (Lipinski definition) is 4. The summed E-state index contributed by atoms with van der Waals surface area (Å²) in [6, 6.07) is 13.0. The monoisotopic (exact) mass is 314 g/mol. The molecule has 1 N–H and O–H groups in total. The molecule has 2 aromatic carbocycles. The Bertz CT molecular complexity index is 879. The minimum atomic E-state index is -0.985. The summed E-state index contributed by atoms with van der Waals surface area (Å²) in [7, 11) is 0. The lowest BCUT2D eigenvalue weighted by molar-refractivity contribution is 0.0862. The summed E-state index contributed by atoms with van der Waals surface area (Å²) in [6.07, 6.45) is 0.585. The van der Waals surface area contributed by atoms with Gasteiger partial charge in [0.25, 0.3) is 5.56 Å². The number of hydrogen-bond donors (Lipinski definition) is 1. The Balaban J connectivity index is 1.71. The molecule has 1 heterocycles. The Hall–Kier alpha value is -2.73. The van der Waals surface area contributed by atoms with Gasteiger partial charge in [-0.05, 0) is 18.2 Å². The Morgan fingerprint density at radius 3 is 2.74 bits per heavy atom. The molecule has 1 atom stereocenters. The van der Waals surface area contributed by atoms with Crippen molar-refractivity contribution in [3.05, 3.63) is 70.9 Å². The van der Waals surface area contributed by atoms with Gasteiger partial charge in [0.15, 0.2) is 11.6 Å². The van der Waals surface area contributed by atoms with Gasteiger partial charge in [-0.2, -0.15) is 5.10 Å². The lowest BCUT2D eigenvalue weighted by atomic mass is 10.2. The van der Waals surface area contributed by atoms with Gasteiger partial charge < -0.3 is 9.84 Å². The highest BCUT2D eigenvalue weighted by molar-refractivity contribution is 5.80. The number of aromatic nitrogens is 2. The average Bonchev–Trinajstić information content (AvgIpc) is 2.57. The van der Waals surface area contributed by atoms with E-state index in [4.69, 9.17) is 4.74 Å². The molecule has 3 rings (SSSR count). The molecule has 5 nitrogen and oxygen atoms in total. The van der Waals surface area contributed by atoms with Crippen molar-refractivity contribution in [3.63, 3.8) is 0 Å². The predicted molar refractivity (Wildman–Crippen MR) is 83.9 cm³/mol. The summed E-state index contributed by atoms with van der Waals surface area (Å²) in [5.41, 5.74) is -0.284. The van der Waals surface area contributed by atoms with E-state index in [1.54, 1.807) is 36.5 Å². The minimum Gasteiger partial charge on any atom is -0.488 e. The zero-order valence-electron chi connectivity index (χ0n) is 12.2. The van der Waals surface area contributed by atoms with E-state index >= 15 is 0 Å². The summed E-state index contributed by atoms with van der Waals surface area (Å²) in [6.45, 7) is -0.167. The Morgan fingerprint density at radius 2 is 1.91 bits per heavy atom. The summed E-state index contributed by atoms with van der Waals surface area (Å²) in [5.74, 6) is -0.439. The lowest BCUT2D eigenvalue weighted by Crippen LogP contribution is -2.31. The van der Waals surface area contributed by atoms with Gasteiger partial charge >= 0.3 is 0 Å². The van der Waals surface area contributed by atoms with Crippen LogP contribution in [-0.2, 0) is 6.54 Å². The van der Waals surface area contributed by atoms with E-state index < -0.39 is 11.9 Å². The zero-order chi connectivity index (χ0) is 16.2. The predicted octanol–water partition coefficient (Wildman–Crippen LogP) is 1.98. The number of rotatable bonds is 5. The molecule has 0 spiro atoms. The van der Waals surface area contributed by atoms with Crippen molar-refractivity contribution in [1.29, 1.82) is 0 Å². The fourth-order valence-electron chi connectivity index (χ4n) is 2.26. The number of fused-ring (bicyclic) bond motifs is 1. The van der Waals surface area contributed by atoms with Gasteiger partial charge in [-0.25, -0.2) is 9.07 Å². The summed E-state index contributed by atoms with van der Waals surface area (Å²) in [4.78, 5) is 12.3. The lowest BCUT2D eigenvalue weighted by Gasteiger charge is -2.13. The first-order valence-electron chi connectivity index (χ1n) is 7.15. The molecule has 0 amide bonds. The normalized spacial score (nSPS) is 12.3.